The van der Waals surface area contributed by atoms with Crippen molar-refractivity contribution in [2.75, 3.05) is 25.9 Å². The molecule has 0 fully saturated rings. The Labute approximate surface area is 121 Å². The lowest BCUT2D eigenvalue weighted by molar-refractivity contribution is -0.668. The highest BCUT2D eigenvalue weighted by atomic mass is 16.6. The molecular weight excluding hydrogens is 274 g/mol. The number of nitrogens with two attached hydrogens (primary N) is 2. The maximum absolute atomic E-state index is 11.7. The van der Waals surface area contributed by atoms with E-state index in [1.54, 1.807) is 7.11 Å². The van der Waals surface area contributed by atoms with Crippen molar-refractivity contribution in [3.05, 3.63) is 35.5 Å². The van der Waals surface area contributed by atoms with Gasteiger partial charge in [0.2, 0.25) is 11.5 Å². The second kappa shape index (κ2) is 7.25. The van der Waals surface area contributed by atoms with Crippen LogP contribution in [0.25, 0.3) is 0 Å². The van der Waals surface area contributed by atoms with Crippen LogP contribution in [0.1, 0.15) is 16.1 Å². The van der Waals surface area contributed by atoms with Gasteiger partial charge in [0.1, 0.15) is 12.3 Å². The molecule has 5 N–H and O–H groups in total. The van der Waals surface area contributed by atoms with Crippen molar-refractivity contribution in [1.82, 2.24) is 15.6 Å². The van der Waals surface area contributed by atoms with Crippen LogP contribution >= 0.6 is 0 Å². The van der Waals surface area contributed by atoms with E-state index < -0.39 is 0 Å². The lowest BCUT2D eigenvalue weighted by Gasteiger charge is -2.07. The molecule has 21 heavy (non-hydrogen) atoms. The number of ether oxygens (including phenoxy) is 1. The summed E-state index contributed by atoms with van der Waals surface area (Å²) in [6, 6.07) is 7.83. The standard InChI is InChI=1S/C13H17N5O3/c1-20-10-5-3-2-4-9(10)8-15-6-7-16-13(19)11-12(14)18-21-17-11/h2-5,15H,6-8H2,1H3,(H2,14,18)(H,16,19)/p+1. The van der Waals surface area contributed by atoms with E-state index in [0.29, 0.717) is 6.54 Å². The molecule has 1 aromatic carbocycles. The van der Waals surface area contributed by atoms with Crippen molar-refractivity contribution in [2.45, 2.75) is 6.54 Å². The zero-order valence-electron chi connectivity index (χ0n) is 11.7. The zero-order chi connectivity index (χ0) is 15.1. The zero-order valence-corrected chi connectivity index (χ0v) is 11.7. The van der Waals surface area contributed by atoms with Crippen molar-refractivity contribution in [1.29, 1.82) is 0 Å². The van der Waals surface area contributed by atoms with Crippen LogP contribution in [0.15, 0.2) is 28.9 Å². The van der Waals surface area contributed by atoms with E-state index in [-0.39, 0.29) is 17.4 Å². The number of hydrogen-bond donors (Lipinski definition) is 3. The molecule has 0 unspecified atom stereocenters. The molecule has 112 valence electrons. The molecule has 0 radical (unpaired) electrons. The van der Waals surface area contributed by atoms with E-state index in [1.807, 2.05) is 24.3 Å². The number of para-hydroxylation sites is 1. The normalized spacial score (nSPS) is 10.3. The van der Waals surface area contributed by atoms with Crippen LogP contribution in [0.2, 0.25) is 0 Å². The maximum Gasteiger partial charge on any atom is 0.277 e. The van der Waals surface area contributed by atoms with Crippen LogP contribution in [0.4, 0.5) is 5.82 Å². The minimum atomic E-state index is -0.389. The molecule has 0 spiro atoms. The number of nitrogens with one attached hydrogen (secondary N) is 1. The van der Waals surface area contributed by atoms with Gasteiger partial charge >= 0.3 is 0 Å². The molecule has 0 aliphatic rings. The summed E-state index contributed by atoms with van der Waals surface area (Å²) in [5, 5.41) is 11.6. The summed E-state index contributed by atoms with van der Waals surface area (Å²) in [4.78, 5) is 11.7. The number of anilines is 1. The Morgan fingerprint density at radius 2 is 2.24 bits per heavy atom. The lowest BCUT2D eigenvalue weighted by Crippen LogP contribution is -2.84. The summed E-state index contributed by atoms with van der Waals surface area (Å²) in [6.07, 6.45) is 0. The molecule has 8 nitrogen and oxygen atoms in total. The van der Waals surface area contributed by atoms with Gasteiger partial charge in [0.15, 0.2) is 0 Å². The number of carbonyl (C=O) groups is 1. The number of aromatic nitrogens is 2. The fourth-order valence-corrected chi connectivity index (χ4v) is 1.85. The van der Waals surface area contributed by atoms with Gasteiger partial charge in [0.05, 0.1) is 20.2 Å². The van der Waals surface area contributed by atoms with E-state index in [1.165, 1.54) is 0 Å². The van der Waals surface area contributed by atoms with Crippen LogP contribution in [0.5, 0.6) is 5.75 Å². The number of carbonyl (C=O) groups excluding carboxylic acids is 1. The summed E-state index contributed by atoms with van der Waals surface area (Å²) >= 11 is 0. The highest BCUT2D eigenvalue weighted by Crippen LogP contribution is 2.15. The van der Waals surface area contributed by atoms with E-state index in [0.717, 1.165) is 24.4 Å². The molecular formula is C13H18N5O3+. The first-order valence-corrected chi connectivity index (χ1v) is 6.52. The molecule has 0 aliphatic carbocycles. The highest BCUT2D eigenvalue weighted by Gasteiger charge is 2.15. The van der Waals surface area contributed by atoms with Crippen LogP contribution in [-0.4, -0.2) is 36.4 Å². The summed E-state index contributed by atoms with van der Waals surface area (Å²) in [6.45, 7) is 1.97. The second-order valence-electron chi connectivity index (χ2n) is 4.35. The molecule has 1 heterocycles. The number of rotatable bonds is 7. The third kappa shape index (κ3) is 3.93. The predicted molar refractivity (Wildman–Crippen MR) is 74.5 cm³/mol. The van der Waals surface area contributed by atoms with Gasteiger partial charge in [-0.1, -0.05) is 12.1 Å². The summed E-state index contributed by atoms with van der Waals surface area (Å²) in [5.41, 5.74) is 6.55. The van der Waals surface area contributed by atoms with Gasteiger partial charge in [-0.05, 0) is 22.4 Å². The van der Waals surface area contributed by atoms with Crippen LogP contribution in [0, 0.1) is 0 Å². The predicted octanol–water partition coefficient (Wildman–Crippen LogP) is -0.846. The van der Waals surface area contributed by atoms with E-state index in [9.17, 15) is 4.79 Å². The third-order valence-corrected chi connectivity index (χ3v) is 2.92. The third-order valence-electron chi connectivity index (χ3n) is 2.92. The smallest absolute Gasteiger partial charge is 0.277 e. The first kappa shape index (κ1) is 14.8. The van der Waals surface area contributed by atoms with Gasteiger partial charge in [-0.3, -0.25) is 4.79 Å². The van der Waals surface area contributed by atoms with Crippen LogP contribution in [-0.2, 0) is 6.54 Å². The van der Waals surface area contributed by atoms with Crippen LogP contribution < -0.4 is 21.1 Å². The number of nitrogen functional groups attached to an aromatic ring is 1. The molecule has 1 amide bonds. The Morgan fingerprint density at radius 1 is 1.43 bits per heavy atom. The number of methoxy groups -OCH3 is 1. The van der Waals surface area contributed by atoms with Crippen molar-refractivity contribution < 1.29 is 19.5 Å². The SMILES string of the molecule is COc1ccccc1C[NH2+]CCNC(=O)c1nonc1N. The van der Waals surface area contributed by atoms with Gasteiger partial charge in [-0.15, -0.1) is 0 Å². The average molecular weight is 292 g/mol. The largest absolute Gasteiger partial charge is 0.496 e. The van der Waals surface area contributed by atoms with E-state index in [2.05, 4.69) is 25.6 Å². The van der Waals surface area contributed by atoms with Gasteiger partial charge in [0, 0.05) is 5.56 Å². The molecule has 0 bridgehead atoms. The summed E-state index contributed by atoms with van der Waals surface area (Å²) < 4.78 is 9.64. The Kier molecular flexibility index (Phi) is 5.10. The number of hydrogen-bond acceptors (Lipinski definition) is 6. The van der Waals surface area contributed by atoms with Crippen LogP contribution in [0.3, 0.4) is 0 Å². The maximum atomic E-state index is 11.7. The Bertz CT molecular complexity index is 599. The summed E-state index contributed by atoms with van der Waals surface area (Å²) in [7, 11) is 1.65. The first-order valence-electron chi connectivity index (χ1n) is 6.52. The molecule has 0 saturated heterocycles. The van der Waals surface area contributed by atoms with E-state index in [4.69, 9.17) is 10.5 Å². The van der Waals surface area contributed by atoms with Gasteiger partial charge < -0.3 is 21.1 Å². The van der Waals surface area contributed by atoms with Gasteiger partial charge in [-0.2, -0.15) is 0 Å². The minimum Gasteiger partial charge on any atom is -0.496 e. The molecule has 8 heteroatoms. The van der Waals surface area contributed by atoms with Gasteiger partial charge in [-0.25, -0.2) is 4.63 Å². The fraction of sp³-hybridized carbons (Fsp3) is 0.308. The molecule has 2 aromatic rings. The van der Waals surface area contributed by atoms with Crippen molar-refractivity contribution >= 4 is 11.7 Å². The topological polar surface area (TPSA) is 120 Å². The van der Waals surface area contributed by atoms with Crippen molar-refractivity contribution in [3.63, 3.8) is 0 Å². The Morgan fingerprint density at radius 3 is 2.95 bits per heavy atom. The number of quaternary nitrogens is 1. The quantitative estimate of drug-likeness (QED) is 0.572. The number of benzene rings is 1. The second-order valence-corrected chi connectivity index (χ2v) is 4.35. The molecule has 0 atom stereocenters. The lowest BCUT2D eigenvalue weighted by atomic mass is 10.2. The average Bonchev–Trinajstić information content (AvgIpc) is 2.93. The van der Waals surface area contributed by atoms with Crippen molar-refractivity contribution in [3.8, 4) is 5.75 Å². The van der Waals surface area contributed by atoms with Crippen molar-refractivity contribution in [2.24, 2.45) is 0 Å². The summed E-state index contributed by atoms with van der Waals surface area (Å²) in [5.74, 6) is 0.462. The molecule has 0 saturated carbocycles. The molecule has 0 aliphatic heterocycles. The first-order chi connectivity index (χ1) is 10.2. The Hall–Kier alpha value is -2.61. The molecule has 1 aromatic heterocycles. The monoisotopic (exact) mass is 292 g/mol. The fourth-order valence-electron chi connectivity index (χ4n) is 1.85. The number of nitrogens with zero attached hydrogens (tertiary/aromatic N) is 2. The molecule has 2 rings (SSSR count). The Balaban J connectivity index is 1.71. The minimum absolute atomic E-state index is 0.00879. The van der Waals surface area contributed by atoms with E-state index >= 15 is 0 Å². The van der Waals surface area contributed by atoms with Gasteiger partial charge in [0.25, 0.3) is 5.91 Å². The highest BCUT2D eigenvalue weighted by molar-refractivity contribution is 5.95. The number of amides is 1.